The quantitative estimate of drug-likeness (QED) is 0.797. The van der Waals surface area contributed by atoms with Crippen LogP contribution in [0.1, 0.15) is 36.5 Å². The minimum atomic E-state index is 0.300. The molecular weight excluding hydrogens is 182 g/mol. The Morgan fingerprint density at radius 2 is 2.07 bits per heavy atom. The van der Waals surface area contributed by atoms with Gasteiger partial charge in [-0.1, -0.05) is 35.9 Å². The van der Waals surface area contributed by atoms with E-state index < -0.39 is 0 Å². The van der Waals surface area contributed by atoms with Crippen LogP contribution in [0.15, 0.2) is 24.3 Å². The average molecular weight is 203 g/mol. The predicted octanol–water partition coefficient (Wildman–Crippen LogP) is 3.44. The van der Waals surface area contributed by atoms with Crippen LogP contribution in [0.4, 0.5) is 0 Å². The van der Waals surface area contributed by atoms with Gasteiger partial charge in [-0.2, -0.15) is 0 Å². The van der Waals surface area contributed by atoms with Gasteiger partial charge in [-0.05, 0) is 44.7 Å². The molecule has 0 radical (unpaired) electrons. The fourth-order valence-corrected chi connectivity index (χ4v) is 1.58. The van der Waals surface area contributed by atoms with E-state index in [0.717, 1.165) is 12.8 Å². The zero-order valence-corrected chi connectivity index (χ0v) is 9.96. The molecule has 0 bridgehead atoms. The Balaban J connectivity index is 2.57. The zero-order valence-electron chi connectivity index (χ0n) is 9.96. The van der Waals surface area contributed by atoms with Crippen LogP contribution in [0, 0.1) is 13.8 Å². The van der Waals surface area contributed by atoms with Crippen molar-refractivity contribution in [3.05, 3.63) is 41.0 Å². The first kappa shape index (κ1) is 12.0. The second-order valence-corrected chi connectivity index (χ2v) is 4.32. The molecule has 1 heteroatoms. The predicted molar refractivity (Wildman–Crippen MR) is 67.8 cm³/mol. The number of hydrogen-bond acceptors (Lipinski definition) is 1. The number of hydrogen-bond donors (Lipinski definition) is 1. The monoisotopic (exact) mass is 203 g/mol. The number of benzene rings is 1. The fraction of sp³-hybridized carbons (Fsp3) is 0.429. The summed E-state index contributed by atoms with van der Waals surface area (Å²) in [4.78, 5) is 0. The van der Waals surface area contributed by atoms with Gasteiger partial charge in [-0.15, -0.1) is 0 Å². The van der Waals surface area contributed by atoms with Crippen LogP contribution < -0.4 is 5.73 Å². The molecule has 1 unspecified atom stereocenters. The molecule has 0 heterocycles. The maximum Gasteiger partial charge on any atom is 0.00134 e. The Morgan fingerprint density at radius 3 is 2.67 bits per heavy atom. The summed E-state index contributed by atoms with van der Waals surface area (Å²) in [5.41, 5.74) is 9.66. The van der Waals surface area contributed by atoms with Crippen molar-refractivity contribution in [2.75, 3.05) is 0 Å². The molecule has 0 amide bonds. The van der Waals surface area contributed by atoms with Crippen LogP contribution in [-0.2, 0) is 0 Å². The number of aryl methyl sites for hydroxylation is 2. The number of rotatable bonds is 4. The minimum absolute atomic E-state index is 0.300. The van der Waals surface area contributed by atoms with Crippen LogP contribution in [0.25, 0.3) is 6.08 Å². The summed E-state index contributed by atoms with van der Waals surface area (Å²) >= 11 is 0. The average Bonchev–Trinajstić information content (AvgIpc) is 2.14. The highest BCUT2D eigenvalue weighted by molar-refractivity contribution is 5.54. The Hall–Kier alpha value is -1.08. The maximum absolute atomic E-state index is 5.69. The van der Waals surface area contributed by atoms with E-state index in [0.29, 0.717) is 6.04 Å². The molecule has 1 aromatic rings. The SMILES string of the molecule is Cc1ccc(/C=C/CCC(C)N)c(C)c1. The van der Waals surface area contributed by atoms with Crippen molar-refractivity contribution in [3.63, 3.8) is 0 Å². The van der Waals surface area contributed by atoms with Crippen molar-refractivity contribution in [3.8, 4) is 0 Å². The molecule has 0 aliphatic rings. The molecule has 0 spiro atoms. The molecule has 0 saturated carbocycles. The topological polar surface area (TPSA) is 26.0 Å². The summed E-state index contributed by atoms with van der Waals surface area (Å²) in [5.74, 6) is 0. The van der Waals surface area contributed by atoms with Gasteiger partial charge in [0, 0.05) is 6.04 Å². The standard InChI is InChI=1S/C14H21N/c1-11-8-9-14(12(2)10-11)7-5-4-6-13(3)15/h5,7-10,13H,4,6,15H2,1-3H3/b7-5+. The van der Waals surface area contributed by atoms with E-state index in [-0.39, 0.29) is 0 Å². The lowest BCUT2D eigenvalue weighted by Gasteiger charge is -2.02. The van der Waals surface area contributed by atoms with Gasteiger partial charge in [0.2, 0.25) is 0 Å². The summed E-state index contributed by atoms with van der Waals surface area (Å²) in [7, 11) is 0. The van der Waals surface area contributed by atoms with E-state index >= 15 is 0 Å². The maximum atomic E-state index is 5.69. The van der Waals surface area contributed by atoms with Crippen molar-refractivity contribution >= 4 is 6.08 Å². The fourth-order valence-electron chi connectivity index (χ4n) is 1.58. The van der Waals surface area contributed by atoms with Gasteiger partial charge in [-0.3, -0.25) is 0 Å². The number of nitrogens with two attached hydrogens (primary N) is 1. The van der Waals surface area contributed by atoms with Crippen molar-refractivity contribution in [2.24, 2.45) is 5.73 Å². The molecule has 1 aromatic carbocycles. The molecule has 0 aromatic heterocycles. The first-order valence-corrected chi connectivity index (χ1v) is 5.59. The second-order valence-electron chi connectivity index (χ2n) is 4.32. The largest absolute Gasteiger partial charge is 0.328 e. The lowest BCUT2D eigenvalue weighted by molar-refractivity contribution is 0.677. The molecule has 1 rings (SSSR count). The highest BCUT2D eigenvalue weighted by atomic mass is 14.6. The molecule has 0 fully saturated rings. The Kier molecular flexibility index (Phi) is 4.57. The van der Waals surface area contributed by atoms with Crippen LogP contribution in [0.5, 0.6) is 0 Å². The first-order valence-electron chi connectivity index (χ1n) is 5.59. The van der Waals surface area contributed by atoms with Gasteiger partial charge in [-0.25, -0.2) is 0 Å². The van der Waals surface area contributed by atoms with E-state index in [1.165, 1.54) is 16.7 Å². The van der Waals surface area contributed by atoms with Gasteiger partial charge < -0.3 is 5.73 Å². The molecule has 0 aliphatic heterocycles. The third-order valence-electron chi connectivity index (χ3n) is 2.51. The lowest BCUT2D eigenvalue weighted by atomic mass is 10.0. The van der Waals surface area contributed by atoms with Crippen molar-refractivity contribution in [1.29, 1.82) is 0 Å². The van der Waals surface area contributed by atoms with Crippen molar-refractivity contribution in [2.45, 2.75) is 39.7 Å². The molecule has 0 saturated heterocycles. The molecule has 2 N–H and O–H groups in total. The molecule has 15 heavy (non-hydrogen) atoms. The van der Waals surface area contributed by atoms with Gasteiger partial charge >= 0.3 is 0 Å². The molecule has 1 atom stereocenters. The lowest BCUT2D eigenvalue weighted by Crippen LogP contribution is -2.13. The minimum Gasteiger partial charge on any atom is -0.328 e. The van der Waals surface area contributed by atoms with Gasteiger partial charge in [0.25, 0.3) is 0 Å². The van der Waals surface area contributed by atoms with Crippen molar-refractivity contribution < 1.29 is 0 Å². The Labute approximate surface area is 93.0 Å². The summed E-state index contributed by atoms with van der Waals surface area (Å²) in [6.07, 6.45) is 6.52. The molecule has 1 nitrogen and oxygen atoms in total. The smallest absolute Gasteiger partial charge is 0.00134 e. The zero-order chi connectivity index (χ0) is 11.3. The van der Waals surface area contributed by atoms with Gasteiger partial charge in [0.05, 0.1) is 0 Å². The molecule has 0 aliphatic carbocycles. The van der Waals surface area contributed by atoms with Crippen LogP contribution in [0.2, 0.25) is 0 Å². The van der Waals surface area contributed by atoms with E-state index in [9.17, 15) is 0 Å². The van der Waals surface area contributed by atoms with Crippen molar-refractivity contribution in [1.82, 2.24) is 0 Å². The molecular formula is C14H21N. The summed E-state index contributed by atoms with van der Waals surface area (Å²) in [5, 5.41) is 0. The van der Waals surface area contributed by atoms with Crippen LogP contribution in [0.3, 0.4) is 0 Å². The van der Waals surface area contributed by atoms with E-state index in [4.69, 9.17) is 5.73 Å². The van der Waals surface area contributed by atoms with E-state index in [1.54, 1.807) is 0 Å². The van der Waals surface area contributed by atoms with Crippen LogP contribution in [-0.4, -0.2) is 6.04 Å². The Bertz CT molecular complexity index is 337. The highest BCUT2D eigenvalue weighted by Gasteiger charge is 1.94. The third-order valence-corrected chi connectivity index (χ3v) is 2.51. The van der Waals surface area contributed by atoms with Gasteiger partial charge in [0.15, 0.2) is 0 Å². The summed E-state index contributed by atoms with van der Waals surface area (Å²) < 4.78 is 0. The summed E-state index contributed by atoms with van der Waals surface area (Å²) in [6.45, 7) is 6.32. The third kappa shape index (κ3) is 4.30. The van der Waals surface area contributed by atoms with E-state index in [2.05, 4.69) is 44.2 Å². The highest BCUT2D eigenvalue weighted by Crippen LogP contribution is 2.12. The second kappa shape index (κ2) is 5.72. The van der Waals surface area contributed by atoms with Crippen LogP contribution >= 0.6 is 0 Å². The van der Waals surface area contributed by atoms with Gasteiger partial charge in [0.1, 0.15) is 0 Å². The molecule has 82 valence electrons. The van der Waals surface area contributed by atoms with E-state index in [1.807, 2.05) is 6.92 Å². The number of allylic oxidation sites excluding steroid dienone is 1. The Morgan fingerprint density at radius 1 is 1.33 bits per heavy atom. The normalized spacial score (nSPS) is 13.3. The first-order chi connectivity index (χ1) is 7.09. The summed E-state index contributed by atoms with van der Waals surface area (Å²) in [6, 6.07) is 6.84.